The predicted molar refractivity (Wildman–Crippen MR) is 60.3 cm³/mol. The first-order valence-corrected chi connectivity index (χ1v) is 5.58. The van der Waals surface area contributed by atoms with E-state index in [1.807, 2.05) is 0 Å². The van der Waals surface area contributed by atoms with E-state index in [0.29, 0.717) is 0 Å². The van der Waals surface area contributed by atoms with Crippen molar-refractivity contribution in [3.05, 3.63) is 35.4 Å². The summed E-state index contributed by atoms with van der Waals surface area (Å²) in [6, 6.07) is 8.96. The van der Waals surface area contributed by atoms with Gasteiger partial charge in [-0.1, -0.05) is 29.8 Å². The zero-order valence-electron chi connectivity index (χ0n) is 8.87. The van der Waals surface area contributed by atoms with E-state index < -0.39 is 0 Å². The molecule has 1 aliphatic carbocycles. The van der Waals surface area contributed by atoms with Crippen molar-refractivity contribution in [2.24, 2.45) is 11.7 Å². The lowest BCUT2D eigenvalue weighted by atomic mass is 9.90. The Morgan fingerprint density at radius 3 is 2.43 bits per heavy atom. The molecule has 0 saturated heterocycles. The van der Waals surface area contributed by atoms with Crippen LogP contribution in [0.2, 0.25) is 0 Å². The molecule has 1 aromatic rings. The Hall–Kier alpha value is -0.820. The minimum atomic E-state index is 0.723. The minimum Gasteiger partial charge on any atom is -0.330 e. The fourth-order valence-electron chi connectivity index (χ4n) is 2.17. The van der Waals surface area contributed by atoms with Gasteiger partial charge in [0.05, 0.1) is 0 Å². The Labute approximate surface area is 86.3 Å². The van der Waals surface area contributed by atoms with Crippen LogP contribution in [-0.2, 0) is 0 Å². The number of rotatable bonds is 4. The van der Waals surface area contributed by atoms with Crippen LogP contribution in [0.15, 0.2) is 24.3 Å². The second-order valence-electron chi connectivity index (χ2n) is 4.43. The van der Waals surface area contributed by atoms with Crippen molar-refractivity contribution < 1.29 is 0 Å². The first-order chi connectivity index (χ1) is 6.81. The van der Waals surface area contributed by atoms with E-state index in [1.165, 1.54) is 24.0 Å². The van der Waals surface area contributed by atoms with E-state index in [4.69, 9.17) is 5.73 Å². The van der Waals surface area contributed by atoms with Crippen molar-refractivity contribution in [2.45, 2.75) is 32.1 Å². The smallest absolute Gasteiger partial charge is 0.00713 e. The van der Waals surface area contributed by atoms with Crippen LogP contribution in [0.5, 0.6) is 0 Å². The van der Waals surface area contributed by atoms with E-state index in [2.05, 4.69) is 31.2 Å². The third-order valence-corrected chi connectivity index (χ3v) is 3.17. The lowest BCUT2D eigenvalue weighted by Crippen LogP contribution is -2.09. The van der Waals surface area contributed by atoms with E-state index in [1.54, 1.807) is 0 Å². The molecule has 1 fully saturated rings. The van der Waals surface area contributed by atoms with Crippen LogP contribution < -0.4 is 5.73 Å². The summed E-state index contributed by atoms with van der Waals surface area (Å²) in [5, 5.41) is 0. The van der Waals surface area contributed by atoms with E-state index in [0.717, 1.165) is 24.8 Å². The van der Waals surface area contributed by atoms with Crippen LogP contribution in [0, 0.1) is 12.8 Å². The zero-order chi connectivity index (χ0) is 9.97. The minimum absolute atomic E-state index is 0.723. The number of nitrogens with two attached hydrogens (primary N) is 1. The van der Waals surface area contributed by atoms with Gasteiger partial charge in [0, 0.05) is 0 Å². The highest BCUT2D eigenvalue weighted by atomic mass is 14.5. The van der Waals surface area contributed by atoms with Gasteiger partial charge >= 0.3 is 0 Å². The summed E-state index contributed by atoms with van der Waals surface area (Å²) >= 11 is 0. The average Bonchev–Trinajstić information content (AvgIpc) is 2.99. The SMILES string of the molecule is Cc1ccc(C(CCN)C2CC2)cc1. The molecule has 0 bridgehead atoms. The quantitative estimate of drug-likeness (QED) is 0.774. The Bertz CT molecular complexity index is 285. The number of aryl methyl sites for hydroxylation is 1. The molecular formula is C13H19N. The van der Waals surface area contributed by atoms with E-state index >= 15 is 0 Å². The molecular weight excluding hydrogens is 170 g/mol. The summed E-state index contributed by atoms with van der Waals surface area (Å²) in [5.41, 5.74) is 8.50. The maximum atomic E-state index is 5.66. The van der Waals surface area contributed by atoms with Gasteiger partial charge in [0.15, 0.2) is 0 Å². The molecule has 1 heteroatoms. The standard InChI is InChI=1S/C13H19N/c1-10-2-4-11(5-3-10)13(8-9-14)12-6-7-12/h2-5,12-13H,6-9,14H2,1H3. The largest absolute Gasteiger partial charge is 0.330 e. The molecule has 76 valence electrons. The molecule has 1 aliphatic rings. The van der Waals surface area contributed by atoms with Crippen LogP contribution in [-0.4, -0.2) is 6.54 Å². The van der Waals surface area contributed by atoms with Gasteiger partial charge in [-0.2, -0.15) is 0 Å². The fourth-order valence-corrected chi connectivity index (χ4v) is 2.17. The van der Waals surface area contributed by atoms with Gasteiger partial charge in [-0.05, 0) is 50.1 Å². The Balaban J connectivity index is 2.13. The van der Waals surface area contributed by atoms with Crippen LogP contribution in [0.4, 0.5) is 0 Å². The Morgan fingerprint density at radius 2 is 1.93 bits per heavy atom. The van der Waals surface area contributed by atoms with Crippen molar-refractivity contribution in [1.29, 1.82) is 0 Å². The second kappa shape index (κ2) is 4.14. The highest BCUT2D eigenvalue weighted by molar-refractivity contribution is 5.26. The summed E-state index contributed by atoms with van der Waals surface area (Å²) in [5.74, 6) is 1.64. The molecule has 1 aromatic carbocycles. The molecule has 1 unspecified atom stereocenters. The Morgan fingerprint density at radius 1 is 1.29 bits per heavy atom. The first kappa shape index (κ1) is 9.72. The zero-order valence-corrected chi connectivity index (χ0v) is 8.87. The van der Waals surface area contributed by atoms with Gasteiger partial charge in [-0.3, -0.25) is 0 Å². The molecule has 0 aliphatic heterocycles. The van der Waals surface area contributed by atoms with E-state index in [9.17, 15) is 0 Å². The van der Waals surface area contributed by atoms with Gasteiger partial charge in [0.2, 0.25) is 0 Å². The number of benzene rings is 1. The highest BCUT2D eigenvalue weighted by Crippen LogP contribution is 2.44. The predicted octanol–water partition coefficient (Wildman–Crippen LogP) is 2.84. The van der Waals surface area contributed by atoms with Crippen LogP contribution in [0.3, 0.4) is 0 Å². The lowest BCUT2D eigenvalue weighted by Gasteiger charge is -2.15. The highest BCUT2D eigenvalue weighted by Gasteiger charge is 2.31. The van der Waals surface area contributed by atoms with Gasteiger partial charge in [-0.15, -0.1) is 0 Å². The topological polar surface area (TPSA) is 26.0 Å². The molecule has 2 rings (SSSR count). The fraction of sp³-hybridized carbons (Fsp3) is 0.538. The second-order valence-corrected chi connectivity index (χ2v) is 4.43. The number of hydrogen-bond donors (Lipinski definition) is 1. The van der Waals surface area contributed by atoms with Gasteiger partial charge in [0.25, 0.3) is 0 Å². The maximum Gasteiger partial charge on any atom is -0.00713 e. The van der Waals surface area contributed by atoms with Crippen molar-refractivity contribution >= 4 is 0 Å². The van der Waals surface area contributed by atoms with Crippen LogP contribution in [0.1, 0.15) is 36.3 Å². The average molecular weight is 189 g/mol. The summed E-state index contributed by atoms with van der Waals surface area (Å²) in [6.07, 6.45) is 3.95. The molecule has 2 N–H and O–H groups in total. The van der Waals surface area contributed by atoms with E-state index in [-0.39, 0.29) is 0 Å². The normalized spacial score (nSPS) is 18.1. The molecule has 14 heavy (non-hydrogen) atoms. The third-order valence-electron chi connectivity index (χ3n) is 3.17. The maximum absolute atomic E-state index is 5.66. The van der Waals surface area contributed by atoms with Gasteiger partial charge in [0.1, 0.15) is 0 Å². The van der Waals surface area contributed by atoms with Crippen LogP contribution in [0.25, 0.3) is 0 Å². The lowest BCUT2D eigenvalue weighted by molar-refractivity contribution is 0.565. The van der Waals surface area contributed by atoms with Crippen LogP contribution >= 0.6 is 0 Å². The van der Waals surface area contributed by atoms with Gasteiger partial charge in [-0.25, -0.2) is 0 Å². The van der Waals surface area contributed by atoms with Gasteiger partial charge < -0.3 is 5.73 Å². The first-order valence-electron chi connectivity index (χ1n) is 5.58. The molecule has 1 saturated carbocycles. The van der Waals surface area contributed by atoms with Crippen molar-refractivity contribution in [3.63, 3.8) is 0 Å². The molecule has 0 heterocycles. The molecule has 0 radical (unpaired) electrons. The summed E-state index contributed by atoms with van der Waals surface area (Å²) < 4.78 is 0. The van der Waals surface area contributed by atoms with Crippen molar-refractivity contribution in [1.82, 2.24) is 0 Å². The molecule has 1 nitrogen and oxygen atoms in total. The molecule has 0 aromatic heterocycles. The summed E-state index contributed by atoms with van der Waals surface area (Å²) in [6.45, 7) is 2.95. The molecule has 0 spiro atoms. The van der Waals surface area contributed by atoms with Crippen molar-refractivity contribution in [3.8, 4) is 0 Å². The Kier molecular flexibility index (Phi) is 2.87. The molecule has 0 amide bonds. The third kappa shape index (κ3) is 2.16. The van der Waals surface area contributed by atoms with Crippen molar-refractivity contribution in [2.75, 3.05) is 6.54 Å². The summed E-state index contributed by atoms with van der Waals surface area (Å²) in [7, 11) is 0. The summed E-state index contributed by atoms with van der Waals surface area (Å²) in [4.78, 5) is 0. The monoisotopic (exact) mass is 189 g/mol. The number of hydrogen-bond acceptors (Lipinski definition) is 1. The molecule has 1 atom stereocenters.